The monoisotopic (exact) mass is 310 g/mol. The zero-order valence-electron chi connectivity index (χ0n) is 12.7. The molecule has 3 rings (SSSR count). The summed E-state index contributed by atoms with van der Waals surface area (Å²) in [6.07, 6.45) is 0. The van der Waals surface area contributed by atoms with Gasteiger partial charge in [-0.25, -0.2) is 4.79 Å². The lowest BCUT2D eigenvalue weighted by molar-refractivity contribution is -0.131. The Bertz CT molecular complexity index is 922. The van der Waals surface area contributed by atoms with Crippen LogP contribution in [0.1, 0.15) is 6.92 Å². The van der Waals surface area contributed by atoms with Crippen LogP contribution >= 0.6 is 0 Å². The quantitative estimate of drug-likeness (QED) is 0.421. The summed E-state index contributed by atoms with van der Waals surface area (Å²) >= 11 is 0. The number of benzene rings is 2. The maximum absolute atomic E-state index is 12.2. The van der Waals surface area contributed by atoms with Gasteiger partial charge in [-0.1, -0.05) is 12.1 Å². The van der Waals surface area contributed by atoms with Crippen LogP contribution in [0.4, 0.5) is 0 Å². The number of carbonyl (C=O) groups is 1. The average molecular weight is 310 g/mol. The number of methoxy groups -OCH3 is 1. The van der Waals surface area contributed by atoms with E-state index in [9.17, 15) is 9.59 Å². The minimum atomic E-state index is -0.456. The van der Waals surface area contributed by atoms with Gasteiger partial charge in [0.05, 0.1) is 12.7 Å². The Morgan fingerprint density at radius 2 is 1.70 bits per heavy atom. The molecule has 0 N–H and O–H groups in total. The first-order chi connectivity index (χ1) is 11.1. The molecule has 5 nitrogen and oxygen atoms in total. The van der Waals surface area contributed by atoms with Crippen molar-refractivity contribution in [3.05, 3.63) is 59.0 Å². The second kappa shape index (κ2) is 5.96. The van der Waals surface area contributed by atoms with Crippen LogP contribution in [0.2, 0.25) is 0 Å². The Morgan fingerprint density at radius 3 is 2.35 bits per heavy atom. The molecule has 0 spiro atoms. The first kappa shape index (κ1) is 14.8. The average Bonchev–Trinajstić information content (AvgIpc) is 2.54. The van der Waals surface area contributed by atoms with Crippen LogP contribution in [0, 0.1) is 0 Å². The van der Waals surface area contributed by atoms with Crippen molar-refractivity contribution in [3.63, 3.8) is 0 Å². The van der Waals surface area contributed by atoms with E-state index in [0.717, 1.165) is 10.9 Å². The zero-order chi connectivity index (χ0) is 16.4. The molecule has 0 amide bonds. The molecule has 1 aromatic heterocycles. The van der Waals surface area contributed by atoms with E-state index in [1.165, 1.54) is 13.0 Å². The third kappa shape index (κ3) is 3.08. The van der Waals surface area contributed by atoms with Crippen molar-refractivity contribution < 1.29 is 18.7 Å². The topological polar surface area (TPSA) is 65.7 Å². The molecule has 5 heteroatoms. The molecule has 0 fully saturated rings. The van der Waals surface area contributed by atoms with Crippen molar-refractivity contribution >= 4 is 16.9 Å². The van der Waals surface area contributed by atoms with E-state index in [1.54, 1.807) is 49.6 Å². The van der Waals surface area contributed by atoms with E-state index in [-0.39, 0.29) is 0 Å². The molecule has 0 aliphatic rings. The summed E-state index contributed by atoms with van der Waals surface area (Å²) < 4.78 is 15.4. The number of carbonyl (C=O) groups excluding carboxylic acids is 1. The third-order valence-corrected chi connectivity index (χ3v) is 3.37. The summed E-state index contributed by atoms with van der Waals surface area (Å²) in [6.45, 7) is 1.31. The van der Waals surface area contributed by atoms with Crippen LogP contribution in [-0.4, -0.2) is 13.1 Å². The van der Waals surface area contributed by atoms with E-state index in [2.05, 4.69) is 0 Å². The van der Waals surface area contributed by atoms with Gasteiger partial charge in [-0.3, -0.25) is 4.79 Å². The highest BCUT2D eigenvalue weighted by molar-refractivity contribution is 5.83. The summed E-state index contributed by atoms with van der Waals surface area (Å²) in [7, 11) is 1.58. The van der Waals surface area contributed by atoms with Gasteiger partial charge in [-0.15, -0.1) is 0 Å². The highest BCUT2D eigenvalue weighted by Crippen LogP contribution is 2.25. The van der Waals surface area contributed by atoms with Crippen LogP contribution in [0.25, 0.3) is 22.1 Å². The van der Waals surface area contributed by atoms with Gasteiger partial charge >= 0.3 is 11.6 Å². The number of hydrogen-bond donors (Lipinski definition) is 0. The van der Waals surface area contributed by atoms with Gasteiger partial charge in [-0.05, 0) is 35.9 Å². The van der Waals surface area contributed by atoms with Crippen LogP contribution in [0.5, 0.6) is 11.5 Å². The molecule has 0 saturated heterocycles. The normalized spacial score (nSPS) is 10.5. The van der Waals surface area contributed by atoms with Gasteiger partial charge in [0.1, 0.15) is 17.1 Å². The molecule has 2 aromatic carbocycles. The standard InChI is InChI=1S/C18H14O5/c1-11(19)22-15-8-5-13-9-16(18(20)23-17(13)10-15)12-3-6-14(21-2)7-4-12/h3-10H,1-2H3. The van der Waals surface area contributed by atoms with Gasteiger partial charge < -0.3 is 13.9 Å². The first-order valence-electron chi connectivity index (χ1n) is 6.97. The Morgan fingerprint density at radius 1 is 1.00 bits per heavy atom. The summed E-state index contributed by atoms with van der Waals surface area (Å²) in [5.41, 5.74) is 1.11. The molecule has 0 aliphatic heterocycles. The van der Waals surface area contributed by atoms with Gasteiger partial charge in [0, 0.05) is 18.4 Å². The van der Waals surface area contributed by atoms with E-state index in [1.807, 2.05) is 0 Å². The van der Waals surface area contributed by atoms with Gasteiger partial charge in [0.25, 0.3) is 0 Å². The van der Waals surface area contributed by atoms with Crippen LogP contribution in [-0.2, 0) is 4.79 Å². The number of hydrogen-bond acceptors (Lipinski definition) is 5. The molecule has 0 bridgehead atoms. The van der Waals surface area contributed by atoms with Crippen molar-refractivity contribution in [1.29, 1.82) is 0 Å². The molecule has 0 unspecified atom stereocenters. The fraction of sp³-hybridized carbons (Fsp3) is 0.111. The van der Waals surface area contributed by atoms with E-state index in [0.29, 0.717) is 22.6 Å². The van der Waals surface area contributed by atoms with Crippen molar-refractivity contribution in [3.8, 4) is 22.6 Å². The third-order valence-electron chi connectivity index (χ3n) is 3.37. The minimum absolute atomic E-state index is 0.338. The lowest BCUT2D eigenvalue weighted by atomic mass is 10.1. The highest BCUT2D eigenvalue weighted by atomic mass is 16.5. The van der Waals surface area contributed by atoms with Crippen molar-refractivity contribution in [2.45, 2.75) is 6.92 Å². The Kier molecular flexibility index (Phi) is 3.85. The second-order valence-electron chi connectivity index (χ2n) is 4.97. The predicted octanol–water partition coefficient (Wildman–Crippen LogP) is 3.39. The fourth-order valence-corrected chi connectivity index (χ4v) is 2.29. The van der Waals surface area contributed by atoms with E-state index < -0.39 is 11.6 Å². The van der Waals surface area contributed by atoms with Crippen molar-refractivity contribution in [2.24, 2.45) is 0 Å². The molecule has 0 saturated carbocycles. The molecule has 116 valence electrons. The number of esters is 1. The first-order valence-corrected chi connectivity index (χ1v) is 6.97. The molecule has 1 heterocycles. The van der Waals surface area contributed by atoms with Crippen LogP contribution < -0.4 is 15.1 Å². The minimum Gasteiger partial charge on any atom is -0.497 e. The molecule has 0 aliphatic carbocycles. The number of fused-ring (bicyclic) bond motifs is 1. The number of ether oxygens (including phenoxy) is 2. The fourth-order valence-electron chi connectivity index (χ4n) is 2.29. The van der Waals surface area contributed by atoms with Gasteiger partial charge in [0.2, 0.25) is 0 Å². The van der Waals surface area contributed by atoms with Crippen LogP contribution in [0.3, 0.4) is 0 Å². The smallest absolute Gasteiger partial charge is 0.344 e. The molecule has 0 atom stereocenters. The highest BCUT2D eigenvalue weighted by Gasteiger charge is 2.09. The van der Waals surface area contributed by atoms with Gasteiger partial charge in [0.15, 0.2) is 0 Å². The van der Waals surface area contributed by atoms with Crippen molar-refractivity contribution in [1.82, 2.24) is 0 Å². The zero-order valence-corrected chi connectivity index (χ0v) is 12.7. The molecule has 23 heavy (non-hydrogen) atoms. The molecular formula is C18H14O5. The summed E-state index contributed by atoms with van der Waals surface area (Å²) in [5, 5.41) is 0.742. The molecule has 0 radical (unpaired) electrons. The summed E-state index contributed by atoms with van der Waals surface area (Å²) in [4.78, 5) is 23.2. The maximum atomic E-state index is 12.2. The van der Waals surface area contributed by atoms with E-state index >= 15 is 0 Å². The lowest BCUT2D eigenvalue weighted by Gasteiger charge is -2.06. The SMILES string of the molecule is COc1ccc(-c2cc3ccc(OC(C)=O)cc3oc2=O)cc1. The Labute approximate surface area is 132 Å². The molecule has 3 aromatic rings. The second-order valence-corrected chi connectivity index (χ2v) is 4.97. The molecular weight excluding hydrogens is 296 g/mol. The van der Waals surface area contributed by atoms with Crippen molar-refractivity contribution in [2.75, 3.05) is 7.11 Å². The summed E-state index contributed by atoms with van der Waals surface area (Å²) in [6, 6.07) is 13.8. The van der Waals surface area contributed by atoms with E-state index in [4.69, 9.17) is 13.9 Å². The van der Waals surface area contributed by atoms with Crippen LogP contribution in [0.15, 0.2) is 57.7 Å². The van der Waals surface area contributed by atoms with Gasteiger partial charge in [-0.2, -0.15) is 0 Å². The number of rotatable bonds is 3. The Hall–Kier alpha value is -3.08. The summed E-state index contributed by atoms with van der Waals surface area (Å²) in [5.74, 6) is 0.622. The largest absolute Gasteiger partial charge is 0.497 e. The Balaban J connectivity index is 2.07. The maximum Gasteiger partial charge on any atom is 0.344 e. The lowest BCUT2D eigenvalue weighted by Crippen LogP contribution is -2.04. The predicted molar refractivity (Wildman–Crippen MR) is 85.8 cm³/mol.